The highest BCUT2D eigenvalue weighted by Crippen LogP contribution is 2.22. The Kier molecular flexibility index (Phi) is 3.67. The van der Waals surface area contributed by atoms with Crippen LogP contribution in [0.25, 0.3) is 0 Å². The maximum Gasteiger partial charge on any atom is 0.414 e. The quantitative estimate of drug-likeness (QED) is 0.833. The van der Waals surface area contributed by atoms with E-state index in [1.165, 1.54) is 11.0 Å². The van der Waals surface area contributed by atoms with Gasteiger partial charge in [-0.05, 0) is 6.42 Å². The molecule has 0 radical (unpaired) electrons. The van der Waals surface area contributed by atoms with E-state index in [-0.39, 0.29) is 5.82 Å². The van der Waals surface area contributed by atoms with Crippen LogP contribution in [0.3, 0.4) is 0 Å². The van der Waals surface area contributed by atoms with Gasteiger partial charge in [0.15, 0.2) is 6.10 Å². The number of rotatable bonds is 4. The first-order valence-electron chi connectivity index (χ1n) is 4.56. The third-order valence-corrected chi connectivity index (χ3v) is 1.88. The fourth-order valence-electron chi connectivity index (χ4n) is 1.13. The predicted octanol–water partition coefficient (Wildman–Crippen LogP) is 1.15. The molecule has 0 fully saturated rings. The van der Waals surface area contributed by atoms with Gasteiger partial charge in [0, 0.05) is 13.0 Å². The van der Waals surface area contributed by atoms with Crippen molar-refractivity contribution < 1.29 is 18.3 Å². The Morgan fingerprint density at radius 1 is 1.53 bits per heavy atom. The zero-order valence-corrected chi connectivity index (χ0v) is 8.20. The van der Waals surface area contributed by atoms with E-state index in [0.717, 1.165) is 6.42 Å². The molecule has 0 spiro atoms. The molecule has 0 aliphatic rings. The third-order valence-electron chi connectivity index (χ3n) is 1.88. The highest BCUT2D eigenvalue weighted by Gasteiger charge is 2.38. The van der Waals surface area contributed by atoms with E-state index in [9.17, 15) is 13.2 Å². The molecule has 15 heavy (non-hydrogen) atoms. The predicted molar refractivity (Wildman–Crippen MR) is 46.1 cm³/mol. The molecule has 0 saturated heterocycles. The van der Waals surface area contributed by atoms with Crippen LogP contribution < -0.4 is 0 Å². The molecule has 0 aliphatic carbocycles. The molecule has 7 heteroatoms. The molecule has 1 rings (SSSR count). The molecule has 1 N–H and O–H groups in total. The lowest BCUT2D eigenvalue weighted by molar-refractivity contribution is -0.203. The summed E-state index contributed by atoms with van der Waals surface area (Å²) >= 11 is 0. The van der Waals surface area contributed by atoms with Gasteiger partial charge in [-0.3, -0.25) is 4.68 Å². The number of hydrogen-bond donors (Lipinski definition) is 1. The van der Waals surface area contributed by atoms with Crippen LogP contribution in [-0.2, 0) is 13.0 Å². The van der Waals surface area contributed by atoms with Crippen molar-refractivity contribution in [3.63, 3.8) is 0 Å². The normalized spacial score (nSPS) is 14.2. The van der Waals surface area contributed by atoms with Crippen molar-refractivity contribution in [1.29, 1.82) is 0 Å². The lowest BCUT2D eigenvalue weighted by Crippen LogP contribution is -2.31. The third kappa shape index (κ3) is 3.19. The Balaban J connectivity index is 2.68. The first kappa shape index (κ1) is 12.0. The summed E-state index contributed by atoms with van der Waals surface area (Å²) in [6.07, 6.45) is -5.60. The van der Waals surface area contributed by atoms with Gasteiger partial charge >= 0.3 is 6.18 Å². The molecule has 0 saturated carbocycles. The summed E-state index contributed by atoms with van der Waals surface area (Å²) in [4.78, 5) is 3.68. The van der Waals surface area contributed by atoms with E-state index in [2.05, 4.69) is 10.1 Å². The van der Waals surface area contributed by atoms with Crippen molar-refractivity contribution >= 4 is 0 Å². The lowest BCUT2D eigenvalue weighted by atomic mass is 10.2. The van der Waals surface area contributed by atoms with Gasteiger partial charge in [-0.2, -0.15) is 18.3 Å². The van der Waals surface area contributed by atoms with Crippen LogP contribution in [0.5, 0.6) is 0 Å². The van der Waals surface area contributed by atoms with E-state index in [1.807, 2.05) is 6.92 Å². The van der Waals surface area contributed by atoms with Crippen LogP contribution in [-0.4, -0.2) is 32.2 Å². The summed E-state index contributed by atoms with van der Waals surface area (Å²) in [7, 11) is 0. The minimum absolute atomic E-state index is 0.154. The Bertz CT molecular complexity index is 310. The summed E-state index contributed by atoms with van der Waals surface area (Å²) < 4.78 is 37.5. The minimum Gasteiger partial charge on any atom is -0.383 e. The van der Waals surface area contributed by atoms with Crippen LogP contribution in [0.4, 0.5) is 13.2 Å². The van der Waals surface area contributed by atoms with E-state index < -0.39 is 18.7 Å². The average Bonchev–Trinajstić information content (AvgIpc) is 2.52. The van der Waals surface area contributed by atoms with Gasteiger partial charge in [0.1, 0.15) is 12.2 Å². The van der Waals surface area contributed by atoms with Crippen LogP contribution in [0.1, 0.15) is 19.2 Å². The fourth-order valence-corrected chi connectivity index (χ4v) is 1.13. The monoisotopic (exact) mass is 223 g/mol. The molecular weight excluding hydrogens is 211 g/mol. The number of halogens is 3. The van der Waals surface area contributed by atoms with Crippen molar-refractivity contribution in [3.05, 3.63) is 12.2 Å². The molecule has 0 bridgehead atoms. The number of aryl methyl sites for hydroxylation is 1. The largest absolute Gasteiger partial charge is 0.414 e. The van der Waals surface area contributed by atoms with Gasteiger partial charge in [0.25, 0.3) is 0 Å². The number of aliphatic hydroxyl groups excluding tert-OH is 1. The summed E-state index contributed by atoms with van der Waals surface area (Å²) in [5.41, 5.74) is 0. The number of aliphatic hydroxyl groups is 1. The Hall–Kier alpha value is -1.11. The van der Waals surface area contributed by atoms with Crippen molar-refractivity contribution in [2.75, 3.05) is 0 Å². The van der Waals surface area contributed by atoms with E-state index >= 15 is 0 Å². The van der Waals surface area contributed by atoms with Crippen LogP contribution in [0, 0.1) is 0 Å². The number of alkyl halides is 3. The number of nitrogens with zero attached hydrogens (tertiary/aromatic N) is 3. The second kappa shape index (κ2) is 4.61. The fraction of sp³-hybridized carbons (Fsp3) is 0.750. The standard InChI is InChI=1S/C8H12F3N3O/c1-2-3-14-7(12-5-13-14)4-6(15)8(9,10)11/h5-6,15H,2-4H2,1H3/t6-/m1/s1. The van der Waals surface area contributed by atoms with Crippen LogP contribution in [0.15, 0.2) is 6.33 Å². The topological polar surface area (TPSA) is 50.9 Å². The number of aromatic nitrogens is 3. The van der Waals surface area contributed by atoms with Crippen LogP contribution >= 0.6 is 0 Å². The Morgan fingerprint density at radius 3 is 2.73 bits per heavy atom. The molecule has 1 heterocycles. The molecule has 0 aliphatic heterocycles. The molecule has 0 amide bonds. The maximum atomic E-state index is 12.1. The average molecular weight is 223 g/mol. The zero-order chi connectivity index (χ0) is 11.5. The van der Waals surface area contributed by atoms with Gasteiger partial charge < -0.3 is 5.11 Å². The van der Waals surface area contributed by atoms with Crippen molar-refractivity contribution in [1.82, 2.24) is 14.8 Å². The molecule has 1 aromatic rings. The summed E-state index contributed by atoms with van der Waals surface area (Å²) in [6.45, 7) is 2.38. The van der Waals surface area contributed by atoms with Crippen molar-refractivity contribution in [2.24, 2.45) is 0 Å². The smallest absolute Gasteiger partial charge is 0.383 e. The summed E-state index contributed by atoms with van der Waals surface area (Å²) in [5, 5.41) is 12.6. The molecule has 4 nitrogen and oxygen atoms in total. The van der Waals surface area contributed by atoms with Crippen molar-refractivity contribution in [2.45, 2.75) is 38.6 Å². The van der Waals surface area contributed by atoms with E-state index in [4.69, 9.17) is 5.11 Å². The first-order valence-corrected chi connectivity index (χ1v) is 4.56. The molecule has 0 aromatic carbocycles. The summed E-state index contributed by atoms with van der Waals surface area (Å²) in [5.74, 6) is 0.154. The highest BCUT2D eigenvalue weighted by atomic mass is 19.4. The van der Waals surface area contributed by atoms with Gasteiger partial charge in [-0.1, -0.05) is 6.92 Å². The molecule has 1 atom stereocenters. The van der Waals surface area contributed by atoms with E-state index in [1.54, 1.807) is 0 Å². The molecule has 0 unspecified atom stereocenters. The van der Waals surface area contributed by atoms with E-state index in [0.29, 0.717) is 6.54 Å². The van der Waals surface area contributed by atoms with Gasteiger partial charge in [0.05, 0.1) is 0 Å². The van der Waals surface area contributed by atoms with Crippen molar-refractivity contribution in [3.8, 4) is 0 Å². The minimum atomic E-state index is -4.61. The second-order valence-electron chi connectivity index (χ2n) is 3.16. The SMILES string of the molecule is CCCn1ncnc1C[C@@H](O)C(F)(F)F. The molecular formula is C8H12F3N3O. The first-order chi connectivity index (χ1) is 6.95. The van der Waals surface area contributed by atoms with Gasteiger partial charge in [-0.15, -0.1) is 0 Å². The highest BCUT2D eigenvalue weighted by molar-refractivity contribution is 4.89. The van der Waals surface area contributed by atoms with Gasteiger partial charge in [-0.25, -0.2) is 4.98 Å². The molecule has 1 aromatic heterocycles. The Labute approximate surface area is 84.7 Å². The maximum absolute atomic E-state index is 12.1. The second-order valence-corrected chi connectivity index (χ2v) is 3.16. The van der Waals surface area contributed by atoms with Crippen LogP contribution in [0.2, 0.25) is 0 Å². The summed E-state index contributed by atoms with van der Waals surface area (Å²) in [6, 6.07) is 0. The Morgan fingerprint density at radius 2 is 2.20 bits per heavy atom. The van der Waals surface area contributed by atoms with Gasteiger partial charge in [0.2, 0.25) is 0 Å². The molecule has 86 valence electrons. The number of hydrogen-bond acceptors (Lipinski definition) is 3. The zero-order valence-electron chi connectivity index (χ0n) is 8.20. The lowest BCUT2D eigenvalue weighted by Gasteiger charge is -2.14.